The lowest BCUT2D eigenvalue weighted by Crippen LogP contribution is -2.21. The second kappa shape index (κ2) is 6.60. The number of aromatic amines is 1. The van der Waals surface area contributed by atoms with E-state index in [0.717, 1.165) is 22.2 Å². The zero-order chi connectivity index (χ0) is 19.0. The molecule has 27 heavy (non-hydrogen) atoms. The van der Waals surface area contributed by atoms with Gasteiger partial charge in [0.1, 0.15) is 11.3 Å². The number of anilines is 1. The molecule has 2 N–H and O–H groups in total. The summed E-state index contributed by atoms with van der Waals surface area (Å²) in [6.07, 6.45) is 0. The summed E-state index contributed by atoms with van der Waals surface area (Å²) in [6.45, 7) is 3.47. The zero-order valence-electron chi connectivity index (χ0n) is 14.8. The lowest BCUT2D eigenvalue weighted by atomic mass is 10.1. The van der Waals surface area contributed by atoms with E-state index < -0.39 is 5.63 Å². The van der Waals surface area contributed by atoms with Gasteiger partial charge in [0, 0.05) is 6.07 Å². The predicted octanol–water partition coefficient (Wildman–Crippen LogP) is 3.30. The number of para-hydroxylation sites is 2. The monoisotopic (exact) mass is 363 g/mol. The van der Waals surface area contributed by atoms with E-state index in [-0.39, 0.29) is 12.5 Å². The molecule has 0 aliphatic rings. The third-order valence-corrected chi connectivity index (χ3v) is 4.16. The summed E-state index contributed by atoms with van der Waals surface area (Å²) < 4.78 is 11.0. The third-order valence-electron chi connectivity index (χ3n) is 4.16. The van der Waals surface area contributed by atoms with Gasteiger partial charge in [0.15, 0.2) is 6.61 Å². The number of carbonyl (C=O) groups excluding carboxylic acids is 1. The van der Waals surface area contributed by atoms with Crippen LogP contribution in [-0.4, -0.2) is 22.5 Å². The van der Waals surface area contributed by atoms with Gasteiger partial charge < -0.3 is 14.1 Å². The Bertz CT molecular complexity index is 1190. The van der Waals surface area contributed by atoms with E-state index in [9.17, 15) is 9.59 Å². The van der Waals surface area contributed by atoms with Gasteiger partial charge in [0.25, 0.3) is 5.91 Å². The van der Waals surface area contributed by atoms with Crippen molar-refractivity contribution in [3.8, 4) is 5.75 Å². The van der Waals surface area contributed by atoms with Gasteiger partial charge in [-0.05, 0) is 49.2 Å². The molecule has 1 amide bonds. The number of nitrogens with one attached hydrogen (secondary N) is 2. The van der Waals surface area contributed by atoms with Gasteiger partial charge in [-0.15, -0.1) is 0 Å². The minimum absolute atomic E-state index is 0.200. The number of hydrogen-bond donors (Lipinski definition) is 2. The van der Waals surface area contributed by atoms with Crippen molar-refractivity contribution in [2.24, 2.45) is 0 Å². The van der Waals surface area contributed by atoms with Crippen molar-refractivity contribution in [3.05, 3.63) is 64.0 Å². The summed E-state index contributed by atoms with van der Waals surface area (Å²) in [4.78, 5) is 31.2. The highest BCUT2D eigenvalue weighted by atomic mass is 16.5. The van der Waals surface area contributed by atoms with Crippen molar-refractivity contribution in [1.82, 2.24) is 9.97 Å². The average Bonchev–Trinajstić information content (AvgIpc) is 3.00. The van der Waals surface area contributed by atoms with Crippen LogP contribution < -0.4 is 15.7 Å². The molecule has 0 bridgehead atoms. The molecule has 4 aromatic rings. The molecule has 0 radical (unpaired) electrons. The molecule has 4 rings (SSSR count). The highest BCUT2D eigenvalue weighted by Crippen LogP contribution is 2.29. The van der Waals surface area contributed by atoms with Crippen LogP contribution in [0.15, 0.2) is 51.7 Å². The van der Waals surface area contributed by atoms with E-state index in [0.29, 0.717) is 22.7 Å². The van der Waals surface area contributed by atoms with E-state index in [1.54, 1.807) is 13.0 Å². The van der Waals surface area contributed by atoms with E-state index >= 15 is 0 Å². The molecule has 0 atom stereocenters. The van der Waals surface area contributed by atoms with Gasteiger partial charge in [-0.2, -0.15) is 0 Å². The summed E-state index contributed by atoms with van der Waals surface area (Å²) in [5, 5.41) is 3.36. The Morgan fingerprint density at radius 1 is 1.22 bits per heavy atom. The van der Waals surface area contributed by atoms with Crippen LogP contribution in [0, 0.1) is 13.8 Å². The molecule has 7 heteroatoms. The van der Waals surface area contributed by atoms with Crippen LogP contribution in [0.3, 0.4) is 0 Å². The van der Waals surface area contributed by atoms with Crippen LogP contribution in [0.4, 0.5) is 5.95 Å². The number of amides is 1. The topological polar surface area (TPSA) is 97.2 Å². The fourth-order valence-electron chi connectivity index (χ4n) is 3.01. The SMILES string of the molecule is Cc1cc(OCC(=O)Nc2nc3ccccc3[nH]2)c2c(C)cc(=O)oc2c1. The molecular weight excluding hydrogens is 346 g/mol. The van der Waals surface area contributed by atoms with Gasteiger partial charge in [-0.3, -0.25) is 10.1 Å². The van der Waals surface area contributed by atoms with Crippen molar-refractivity contribution in [2.45, 2.75) is 13.8 Å². The average molecular weight is 363 g/mol. The third kappa shape index (κ3) is 3.39. The Morgan fingerprint density at radius 2 is 2.04 bits per heavy atom. The molecule has 0 aliphatic heterocycles. The lowest BCUT2D eigenvalue weighted by molar-refractivity contribution is -0.118. The summed E-state index contributed by atoms with van der Waals surface area (Å²) in [5.74, 6) is 0.505. The van der Waals surface area contributed by atoms with Crippen molar-refractivity contribution < 1.29 is 13.9 Å². The molecule has 0 saturated carbocycles. The van der Waals surface area contributed by atoms with E-state index in [2.05, 4.69) is 15.3 Å². The van der Waals surface area contributed by atoms with Crippen LogP contribution in [0.5, 0.6) is 5.75 Å². The van der Waals surface area contributed by atoms with Crippen molar-refractivity contribution >= 4 is 33.9 Å². The quantitative estimate of drug-likeness (QED) is 0.542. The minimum atomic E-state index is -0.417. The summed E-state index contributed by atoms with van der Waals surface area (Å²) in [5.41, 5.74) is 3.22. The number of hydrogen-bond acceptors (Lipinski definition) is 5. The summed E-state index contributed by atoms with van der Waals surface area (Å²) in [7, 11) is 0. The zero-order valence-corrected chi connectivity index (χ0v) is 14.8. The number of carbonyl (C=O) groups is 1. The molecule has 0 fully saturated rings. The highest BCUT2D eigenvalue weighted by molar-refractivity contribution is 5.93. The second-order valence-electron chi connectivity index (χ2n) is 6.32. The maximum Gasteiger partial charge on any atom is 0.336 e. The number of aromatic nitrogens is 2. The van der Waals surface area contributed by atoms with Crippen LogP contribution in [0.1, 0.15) is 11.1 Å². The number of rotatable bonds is 4. The first kappa shape index (κ1) is 16.8. The standard InChI is InChI=1S/C20H17N3O4/c1-11-7-15(19-12(2)9-18(25)27-16(19)8-11)26-10-17(24)23-20-21-13-5-3-4-6-14(13)22-20/h3-9H,10H2,1-2H3,(H2,21,22,23,24). The number of ether oxygens (including phenoxy) is 1. The lowest BCUT2D eigenvalue weighted by Gasteiger charge is -2.11. The van der Waals surface area contributed by atoms with E-state index in [4.69, 9.17) is 9.15 Å². The summed E-state index contributed by atoms with van der Waals surface area (Å²) in [6, 6.07) is 12.5. The van der Waals surface area contributed by atoms with Crippen molar-refractivity contribution in [3.63, 3.8) is 0 Å². The fraction of sp³-hybridized carbons (Fsp3) is 0.150. The van der Waals surface area contributed by atoms with Gasteiger partial charge >= 0.3 is 5.63 Å². The predicted molar refractivity (Wildman–Crippen MR) is 102 cm³/mol. The van der Waals surface area contributed by atoms with Crippen molar-refractivity contribution in [1.29, 1.82) is 0 Å². The maximum absolute atomic E-state index is 12.3. The molecule has 0 saturated heterocycles. The molecule has 2 heterocycles. The number of H-pyrrole nitrogens is 1. The molecule has 7 nitrogen and oxygen atoms in total. The first-order chi connectivity index (χ1) is 13.0. The van der Waals surface area contributed by atoms with Crippen LogP contribution in [0.2, 0.25) is 0 Å². The van der Waals surface area contributed by atoms with Crippen LogP contribution in [0.25, 0.3) is 22.0 Å². The fourth-order valence-corrected chi connectivity index (χ4v) is 3.01. The van der Waals surface area contributed by atoms with Crippen LogP contribution in [-0.2, 0) is 4.79 Å². The van der Waals surface area contributed by atoms with Crippen LogP contribution >= 0.6 is 0 Å². The molecule has 2 aromatic heterocycles. The summed E-state index contributed by atoms with van der Waals surface area (Å²) >= 11 is 0. The van der Waals surface area contributed by atoms with Gasteiger partial charge in [-0.25, -0.2) is 9.78 Å². The molecule has 0 aliphatic carbocycles. The molecule has 0 unspecified atom stereocenters. The smallest absolute Gasteiger partial charge is 0.336 e. The minimum Gasteiger partial charge on any atom is -0.483 e. The Morgan fingerprint density at radius 3 is 2.85 bits per heavy atom. The number of fused-ring (bicyclic) bond motifs is 2. The van der Waals surface area contributed by atoms with Gasteiger partial charge in [-0.1, -0.05) is 12.1 Å². The van der Waals surface area contributed by atoms with Gasteiger partial charge in [0.05, 0.1) is 16.4 Å². The van der Waals surface area contributed by atoms with E-state index in [1.165, 1.54) is 6.07 Å². The first-order valence-corrected chi connectivity index (χ1v) is 8.42. The highest BCUT2D eigenvalue weighted by Gasteiger charge is 2.13. The molecule has 2 aromatic carbocycles. The Hall–Kier alpha value is -3.61. The second-order valence-corrected chi connectivity index (χ2v) is 6.32. The first-order valence-electron chi connectivity index (χ1n) is 8.42. The molecule has 0 spiro atoms. The largest absolute Gasteiger partial charge is 0.483 e. The normalized spacial score (nSPS) is 11.0. The molecular formula is C20H17N3O4. The number of aryl methyl sites for hydroxylation is 2. The number of imidazole rings is 1. The Kier molecular flexibility index (Phi) is 4.12. The maximum atomic E-state index is 12.3. The molecule has 136 valence electrons. The van der Waals surface area contributed by atoms with E-state index in [1.807, 2.05) is 37.3 Å². The Balaban J connectivity index is 1.54. The van der Waals surface area contributed by atoms with Gasteiger partial charge in [0.2, 0.25) is 5.95 Å². The number of nitrogens with zero attached hydrogens (tertiary/aromatic N) is 1. The number of benzene rings is 2. The Labute approximate surface area is 154 Å². The van der Waals surface area contributed by atoms with Crippen molar-refractivity contribution in [2.75, 3.05) is 11.9 Å².